The Bertz CT molecular complexity index is 950. The Balaban J connectivity index is 2.07. The summed E-state index contributed by atoms with van der Waals surface area (Å²) in [5, 5.41) is 5.06. The van der Waals surface area contributed by atoms with Crippen LogP contribution in [0.25, 0.3) is 16.7 Å². The zero-order valence-corrected chi connectivity index (χ0v) is 16.4. The lowest BCUT2D eigenvalue weighted by atomic mass is 9.94. The number of aromatic nitrogens is 2. The summed E-state index contributed by atoms with van der Waals surface area (Å²) >= 11 is 6.22. The van der Waals surface area contributed by atoms with Gasteiger partial charge in [0.2, 0.25) is 0 Å². The van der Waals surface area contributed by atoms with Crippen LogP contribution in [0.2, 0.25) is 5.02 Å². The van der Waals surface area contributed by atoms with Crippen LogP contribution in [0.15, 0.2) is 67.0 Å². The highest BCUT2D eigenvalue weighted by Gasteiger charge is 2.08. The predicted molar refractivity (Wildman–Crippen MR) is 112 cm³/mol. The fourth-order valence-electron chi connectivity index (χ4n) is 2.99. The van der Waals surface area contributed by atoms with Crippen LogP contribution >= 0.6 is 11.6 Å². The van der Waals surface area contributed by atoms with Crippen molar-refractivity contribution in [2.45, 2.75) is 33.6 Å². The molecule has 0 aliphatic carbocycles. The molecule has 0 amide bonds. The quantitative estimate of drug-likeness (QED) is 0.434. The number of halogens is 1. The highest BCUT2D eigenvalue weighted by molar-refractivity contribution is 6.30. The van der Waals surface area contributed by atoms with Crippen LogP contribution in [-0.2, 0) is 0 Å². The third-order valence-electron chi connectivity index (χ3n) is 4.89. The third kappa shape index (κ3) is 4.25. The smallest absolute Gasteiger partial charge is 0.0667 e. The monoisotopic (exact) mass is 364 g/mol. The Hall–Kier alpha value is -2.32. The van der Waals surface area contributed by atoms with Gasteiger partial charge in [0, 0.05) is 17.4 Å². The topological polar surface area (TPSA) is 17.3 Å². The predicted octanol–water partition coefficient (Wildman–Crippen LogP) is 6.91. The van der Waals surface area contributed by atoms with Crippen molar-refractivity contribution in [1.29, 1.82) is 0 Å². The number of allylic oxidation sites excluding steroid dienone is 4. The summed E-state index contributed by atoms with van der Waals surface area (Å²) in [5.41, 5.74) is 5.87. The number of rotatable bonds is 6. The molecule has 3 aromatic rings. The number of benzene rings is 1. The van der Waals surface area contributed by atoms with Gasteiger partial charge in [0.15, 0.2) is 0 Å². The van der Waals surface area contributed by atoms with Crippen LogP contribution in [0, 0.1) is 5.92 Å². The molecule has 26 heavy (non-hydrogen) atoms. The highest BCUT2D eigenvalue weighted by atomic mass is 35.5. The minimum Gasteiger partial charge on any atom is -0.241 e. The number of fused-ring (bicyclic) bond motifs is 1. The Labute approximate surface area is 160 Å². The van der Waals surface area contributed by atoms with Crippen molar-refractivity contribution in [1.82, 2.24) is 9.61 Å². The van der Waals surface area contributed by atoms with E-state index in [1.807, 2.05) is 41.2 Å². The van der Waals surface area contributed by atoms with Gasteiger partial charge >= 0.3 is 0 Å². The van der Waals surface area contributed by atoms with E-state index in [0.29, 0.717) is 5.92 Å². The summed E-state index contributed by atoms with van der Waals surface area (Å²) in [6, 6.07) is 14.4. The van der Waals surface area contributed by atoms with Gasteiger partial charge in [-0.1, -0.05) is 56.2 Å². The Kier molecular flexibility index (Phi) is 5.95. The minimum absolute atomic E-state index is 0.691. The molecule has 2 heterocycles. The summed E-state index contributed by atoms with van der Waals surface area (Å²) < 4.78 is 1.89. The summed E-state index contributed by atoms with van der Waals surface area (Å²) in [4.78, 5) is 0. The molecule has 3 heteroatoms. The number of hydrogen-bond donors (Lipinski definition) is 0. The van der Waals surface area contributed by atoms with Crippen molar-refractivity contribution >= 4 is 28.3 Å². The van der Waals surface area contributed by atoms with Gasteiger partial charge < -0.3 is 0 Å². The summed E-state index contributed by atoms with van der Waals surface area (Å²) in [6.07, 6.45) is 10.7. The van der Waals surface area contributed by atoms with E-state index in [1.165, 1.54) is 23.1 Å². The van der Waals surface area contributed by atoms with Gasteiger partial charge in [-0.05, 0) is 71.9 Å². The second-order valence-corrected chi connectivity index (χ2v) is 7.25. The third-order valence-corrected chi connectivity index (χ3v) is 5.13. The first-order valence-corrected chi connectivity index (χ1v) is 9.53. The zero-order chi connectivity index (χ0) is 18.5. The van der Waals surface area contributed by atoms with Crippen LogP contribution in [0.3, 0.4) is 0 Å². The van der Waals surface area contributed by atoms with Gasteiger partial charge in [0.05, 0.1) is 5.52 Å². The maximum atomic E-state index is 6.22. The Morgan fingerprint density at radius 1 is 1.19 bits per heavy atom. The van der Waals surface area contributed by atoms with E-state index in [1.54, 1.807) is 0 Å². The molecule has 1 unspecified atom stereocenters. The van der Waals surface area contributed by atoms with E-state index >= 15 is 0 Å². The lowest BCUT2D eigenvalue weighted by Crippen LogP contribution is -1.93. The second kappa shape index (κ2) is 8.37. The minimum atomic E-state index is 0.691. The molecule has 0 fully saturated rings. The summed E-state index contributed by atoms with van der Waals surface area (Å²) in [7, 11) is 0. The molecule has 0 radical (unpaired) electrons. The molecule has 0 spiro atoms. The van der Waals surface area contributed by atoms with Gasteiger partial charge in [-0.2, -0.15) is 5.10 Å². The first-order chi connectivity index (χ1) is 12.6. The van der Waals surface area contributed by atoms with Crippen molar-refractivity contribution in [2.75, 3.05) is 0 Å². The van der Waals surface area contributed by atoms with Gasteiger partial charge in [-0.25, -0.2) is 4.52 Å². The molecular weight excluding hydrogens is 340 g/mol. The molecule has 0 N–H and O–H groups in total. The van der Waals surface area contributed by atoms with Gasteiger partial charge in [-0.15, -0.1) is 0 Å². The van der Waals surface area contributed by atoms with Crippen LogP contribution < -0.4 is 0 Å². The second-order valence-electron chi connectivity index (χ2n) is 6.82. The first kappa shape index (κ1) is 18.5. The average molecular weight is 365 g/mol. The van der Waals surface area contributed by atoms with Crippen LogP contribution in [0.1, 0.15) is 44.7 Å². The fraction of sp³-hybridized carbons (Fsp3) is 0.261. The van der Waals surface area contributed by atoms with Gasteiger partial charge in [0.25, 0.3) is 0 Å². The molecule has 134 valence electrons. The molecule has 2 aromatic heterocycles. The van der Waals surface area contributed by atoms with Crippen LogP contribution in [-0.4, -0.2) is 9.61 Å². The summed E-state index contributed by atoms with van der Waals surface area (Å²) in [5.74, 6) is 0.691. The van der Waals surface area contributed by atoms with Gasteiger partial charge in [0.1, 0.15) is 0 Å². The van der Waals surface area contributed by atoms with Gasteiger partial charge in [-0.3, -0.25) is 0 Å². The first-order valence-electron chi connectivity index (χ1n) is 9.15. The fourth-order valence-corrected chi connectivity index (χ4v) is 3.18. The van der Waals surface area contributed by atoms with Crippen LogP contribution in [0.5, 0.6) is 0 Å². The van der Waals surface area contributed by atoms with Crippen LogP contribution in [0.4, 0.5) is 0 Å². The number of nitrogens with zero attached hydrogens (tertiary/aromatic N) is 2. The van der Waals surface area contributed by atoms with Crippen molar-refractivity contribution in [3.8, 4) is 0 Å². The van der Waals surface area contributed by atoms with E-state index in [0.717, 1.165) is 22.5 Å². The molecule has 2 nitrogen and oxygen atoms in total. The zero-order valence-electron chi connectivity index (χ0n) is 15.6. The van der Waals surface area contributed by atoms with Crippen molar-refractivity contribution in [2.24, 2.45) is 5.92 Å². The van der Waals surface area contributed by atoms with E-state index in [-0.39, 0.29) is 0 Å². The average Bonchev–Trinajstić information content (AvgIpc) is 3.12. The summed E-state index contributed by atoms with van der Waals surface area (Å²) in [6.45, 7) is 6.69. The molecule has 0 saturated carbocycles. The normalized spacial score (nSPS) is 14.0. The molecule has 0 bridgehead atoms. The van der Waals surface area contributed by atoms with E-state index < -0.39 is 0 Å². The molecule has 3 rings (SSSR count). The van der Waals surface area contributed by atoms with Crippen molar-refractivity contribution in [3.63, 3.8) is 0 Å². The van der Waals surface area contributed by atoms with Crippen molar-refractivity contribution in [3.05, 3.63) is 83.2 Å². The van der Waals surface area contributed by atoms with E-state index in [9.17, 15) is 0 Å². The standard InChI is InChI=1S/C23H25ClN2/c1-4-17(2)7-5-10-23(18(3)19-8-6-9-21(24)15-19)20-12-14-26-22(16-20)11-13-25-26/h5-6,8-17H,4,7H2,1-3H3/b10-5-,23-18-. The maximum absolute atomic E-state index is 6.22. The van der Waals surface area contributed by atoms with Crippen molar-refractivity contribution < 1.29 is 0 Å². The van der Waals surface area contributed by atoms with E-state index in [4.69, 9.17) is 11.6 Å². The van der Waals surface area contributed by atoms with E-state index in [2.05, 4.69) is 56.2 Å². The lowest BCUT2D eigenvalue weighted by molar-refractivity contribution is 0.572. The molecule has 1 aromatic carbocycles. The number of hydrogen-bond acceptors (Lipinski definition) is 1. The molecule has 1 atom stereocenters. The lowest BCUT2D eigenvalue weighted by Gasteiger charge is -2.12. The molecule has 0 saturated heterocycles. The Morgan fingerprint density at radius 3 is 2.81 bits per heavy atom. The number of pyridine rings is 1. The molecule has 0 aliphatic rings. The SMILES string of the molecule is CCC(C)C/C=C\C(=C(/C)c1cccc(Cl)c1)c1ccn2nccc2c1. The Morgan fingerprint density at radius 2 is 2.04 bits per heavy atom. The molecular formula is C23H25ClN2. The maximum Gasteiger partial charge on any atom is 0.0667 e. The largest absolute Gasteiger partial charge is 0.241 e. The highest BCUT2D eigenvalue weighted by Crippen LogP contribution is 2.29. The molecule has 0 aliphatic heterocycles.